The summed E-state index contributed by atoms with van der Waals surface area (Å²) in [5, 5.41) is 9.34. The number of allylic oxidation sites excluding steroid dienone is 1. The van der Waals surface area contributed by atoms with Crippen molar-refractivity contribution in [3.8, 4) is 5.75 Å². The first-order chi connectivity index (χ1) is 12.7. The zero-order valence-corrected chi connectivity index (χ0v) is 16.0. The highest BCUT2D eigenvalue weighted by Crippen LogP contribution is 2.31. The quantitative estimate of drug-likeness (QED) is 0.651. The van der Waals surface area contributed by atoms with E-state index in [-0.39, 0.29) is 5.25 Å². The number of thioether (sulfide) groups is 1. The molecule has 1 heterocycles. The first-order valence-corrected chi connectivity index (χ1v) is 10.0. The Balaban J connectivity index is 1.69. The van der Waals surface area contributed by atoms with Crippen LogP contribution in [-0.2, 0) is 24.4 Å². The van der Waals surface area contributed by atoms with Gasteiger partial charge in [0.1, 0.15) is 18.1 Å². The number of hydrogen-bond acceptors (Lipinski definition) is 5. The number of ketones is 1. The highest BCUT2D eigenvalue weighted by atomic mass is 32.2. The van der Waals surface area contributed by atoms with Crippen LogP contribution in [0.3, 0.4) is 0 Å². The van der Waals surface area contributed by atoms with Crippen LogP contribution in [0.4, 0.5) is 0 Å². The van der Waals surface area contributed by atoms with Gasteiger partial charge in [-0.05, 0) is 37.0 Å². The van der Waals surface area contributed by atoms with Crippen molar-refractivity contribution >= 4 is 17.5 Å². The van der Waals surface area contributed by atoms with Gasteiger partial charge < -0.3 is 4.74 Å². The van der Waals surface area contributed by atoms with Crippen LogP contribution in [0.15, 0.2) is 42.1 Å². The van der Waals surface area contributed by atoms with Gasteiger partial charge in [0.25, 0.3) is 0 Å². The van der Waals surface area contributed by atoms with E-state index in [1.807, 2.05) is 22.8 Å². The first kappa shape index (κ1) is 18.7. The Kier molecular flexibility index (Phi) is 6.50. The number of nitrogens with zero attached hydrogens (tertiary/aromatic N) is 3. The maximum absolute atomic E-state index is 12.1. The lowest BCUT2D eigenvalue weighted by atomic mass is 9.99. The van der Waals surface area contributed by atoms with Gasteiger partial charge in [0.05, 0.1) is 5.25 Å². The fraction of sp³-hybridized carbons (Fsp3) is 0.450. The largest absolute Gasteiger partial charge is 0.486 e. The third kappa shape index (κ3) is 4.55. The summed E-state index contributed by atoms with van der Waals surface area (Å²) in [6.07, 6.45) is 6.52. The van der Waals surface area contributed by atoms with Crippen molar-refractivity contribution in [3.05, 3.63) is 48.3 Å². The molecule has 1 fully saturated rings. The van der Waals surface area contributed by atoms with Crippen LogP contribution in [0.1, 0.15) is 44.0 Å². The minimum Gasteiger partial charge on any atom is -0.486 e. The van der Waals surface area contributed by atoms with Crippen LogP contribution in [0.5, 0.6) is 5.75 Å². The molecule has 1 saturated carbocycles. The van der Waals surface area contributed by atoms with Crippen LogP contribution in [-0.4, -0.2) is 25.8 Å². The number of benzene rings is 1. The van der Waals surface area contributed by atoms with Gasteiger partial charge in [-0.15, -0.1) is 16.8 Å². The second-order valence-electron chi connectivity index (χ2n) is 6.40. The Morgan fingerprint density at radius 2 is 2.12 bits per heavy atom. The predicted molar refractivity (Wildman–Crippen MR) is 103 cm³/mol. The van der Waals surface area contributed by atoms with Gasteiger partial charge in [-0.25, -0.2) is 0 Å². The number of carbonyl (C=O) groups excluding carboxylic acids is 1. The molecule has 0 radical (unpaired) electrons. The van der Waals surface area contributed by atoms with Crippen LogP contribution >= 0.6 is 11.8 Å². The molecule has 1 aliphatic carbocycles. The van der Waals surface area contributed by atoms with Gasteiger partial charge >= 0.3 is 0 Å². The van der Waals surface area contributed by atoms with E-state index in [4.69, 9.17) is 4.74 Å². The van der Waals surface area contributed by atoms with Gasteiger partial charge in [0.2, 0.25) is 0 Å². The molecule has 6 heteroatoms. The standard InChI is InChI=1S/C20H25N3O2S/c1-3-13-23-19(14-25-16-11-9-15(4-2)10-12-16)21-22-20(23)26-18-8-6-5-7-17(18)24/h3,9-12,18H,1,4-8,13-14H2,2H3/t18-/m1/s1. The molecule has 3 rings (SSSR count). The molecule has 0 aliphatic heterocycles. The summed E-state index contributed by atoms with van der Waals surface area (Å²) in [6.45, 7) is 6.89. The highest BCUT2D eigenvalue weighted by Gasteiger charge is 2.26. The smallest absolute Gasteiger partial charge is 0.192 e. The fourth-order valence-corrected chi connectivity index (χ4v) is 4.18. The molecule has 0 saturated heterocycles. The van der Waals surface area contributed by atoms with E-state index in [0.717, 1.165) is 42.4 Å². The number of carbonyl (C=O) groups is 1. The van der Waals surface area contributed by atoms with Crippen LogP contribution in [0.25, 0.3) is 0 Å². The zero-order valence-electron chi connectivity index (χ0n) is 15.2. The topological polar surface area (TPSA) is 57.0 Å². The molecule has 1 aliphatic rings. The zero-order chi connectivity index (χ0) is 18.4. The molecule has 0 amide bonds. The van der Waals surface area contributed by atoms with Crippen molar-refractivity contribution in [2.24, 2.45) is 0 Å². The van der Waals surface area contributed by atoms with E-state index >= 15 is 0 Å². The van der Waals surface area contributed by atoms with E-state index in [2.05, 4.69) is 35.8 Å². The van der Waals surface area contributed by atoms with E-state index in [1.54, 1.807) is 0 Å². The first-order valence-electron chi connectivity index (χ1n) is 9.15. The number of Topliss-reactive ketones (excluding diaryl/α,β-unsaturated/α-hetero) is 1. The molecule has 1 aromatic heterocycles. The minimum atomic E-state index is -0.00753. The lowest BCUT2D eigenvalue weighted by Crippen LogP contribution is -2.22. The van der Waals surface area contributed by atoms with E-state index in [1.165, 1.54) is 17.3 Å². The Hall–Kier alpha value is -2.08. The molecule has 0 unspecified atom stereocenters. The summed E-state index contributed by atoms with van der Waals surface area (Å²) in [7, 11) is 0. The number of aryl methyl sites for hydroxylation is 1. The number of ether oxygens (including phenoxy) is 1. The SMILES string of the molecule is C=CCn1c(COc2ccc(CC)cc2)nnc1S[C@@H]1CCCCC1=O. The lowest BCUT2D eigenvalue weighted by molar-refractivity contribution is -0.119. The van der Waals surface area contributed by atoms with E-state index in [9.17, 15) is 4.79 Å². The number of hydrogen-bond donors (Lipinski definition) is 0. The molecular weight excluding hydrogens is 346 g/mol. The fourth-order valence-electron chi connectivity index (χ4n) is 3.00. The summed E-state index contributed by atoms with van der Waals surface area (Å²) >= 11 is 1.52. The molecule has 1 atom stereocenters. The van der Waals surface area contributed by atoms with E-state index < -0.39 is 0 Å². The van der Waals surface area contributed by atoms with Gasteiger partial charge in [0, 0.05) is 13.0 Å². The van der Waals surface area contributed by atoms with Gasteiger partial charge in [-0.1, -0.05) is 43.3 Å². The maximum atomic E-state index is 12.1. The van der Waals surface area contributed by atoms with Crippen LogP contribution < -0.4 is 4.74 Å². The van der Waals surface area contributed by atoms with Gasteiger partial charge in [-0.2, -0.15) is 0 Å². The van der Waals surface area contributed by atoms with Crippen molar-refractivity contribution < 1.29 is 9.53 Å². The average molecular weight is 372 g/mol. The molecular formula is C20H25N3O2S. The van der Waals surface area contributed by atoms with Gasteiger partial charge in [-0.3, -0.25) is 9.36 Å². The number of rotatable bonds is 8. The molecule has 0 spiro atoms. The second-order valence-corrected chi connectivity index (χ2v) is 7.57. The summed E-state index contributed by atoms with van der Waals surface area (Å²) in [5.41, 5.74) is 1.28. The van der Waals surface area contributed by atoms with Crippen LogP contribution in [0, 0.1) is 0 Å². The Morgan fingerprint density at radius 1 is 1.31 bits per heavy atom. The average Bonchev–Trinajstić information content (AvgIpc) is 3.04. The lowest BCUT2D eigenvalue weighted by Gasteiger charge is -2.19. The van der Waals surface area contributed by atoms with Gasteiger partial charge in [0.15, 0.2) is 11.0 Å². The minimum absolute atomic E-state index is 0.00753. The van der Waals surface area contributed by atoms with E-state index in [0.29, 0.717) is 25.4 Å². The molecule has 26 heavy (non-hydrogen) atoms. The van der Waals surface area contributed by atoms with Crippen molar-refractivity contribution in [2.45, 2.75) is 62.6 Å². The molecule has 0 N–H and O–H groups in total. The predicted octanol–water partition coefficient (Wildman–Crippen LogP) is 4.21. The van der Waals surface area contributed by atoms with Crippen molar-refractivity contribution in [1.29, 1.82) is 0 Å². The summed E-state index contributed by atoms with van der Waals surface area (Å²) in [6, 6.07) is 8.09. The molecule has 2 aromatic rings. The third-order valence-corrected chi connectivity index (χ3v) is 5.85. The van der Waals surface area contributed by atoms with Crippen molar-refractivity contribution in [3.63, 3.8) is 0 Å². The monoisotopic (exact) mass is 371 g/mol. The second kappa shape index (κ2) is 9.03. The summed E-state index contributed by atoms with van der Waals surface area (Å²) in [4.78, 5) is 12.1. The van der Waals surface area contributed by atoms with Crippen LogP contribution in [0.2, 0.25) is 0 Å². The van der Waals surface area contributed by atoms with Crippen molar-refractivity contribution in [1.82, 2.24) is 14.8 Å². The summed E-state index contributed by atoms with van der Waals surface area (Å²) in [5.74, 6) is 1.88. The molecule has 0 bridgehead atoms. The number of aromatic nitrogens is 3. The van der Waals surface area contributed by atoms with Crippen molar-refractivity contribution in [2.75, 3.05) is 0 Å². The normalized spacial score (nSPS) is 17.3. The molecule has 1 aromatic carbocycles. The molecule has 138 valence electrons. The third-order valence-electron chi connectivity index (χ3n) is 4.55. The Labute approximate surface area is 158 Å². The Bertz CT molecular complexity index is 755. The molecule has 5 nitrogen and oxygen atoms in total. The Morgan fingerprint density at radius 3 is 2.81 bits per heavy atom. The maximum Gasteiger partial charge on any atom is 0.192 e. The summed E-state index contributed by atoms with van der Waals surface area (Å²) < 4.78 is 7.86. The highest BCUT2D eigenvalue weighted by molar-refractivity contribution is 8.00.